The van der Waals surface area contributed by atoms with E-state index in [4.69, 9.17) is 9.73 Å². The van der Waals surface area contributed by atoms with Crippen LogP contribution in [0, 0.1) is 0 Å². The number of amidine groups is 1. The SMILES string of the molecule is CCc1nn(C)cc1CN=C1NC2(CCOCC2)CS1. The van der Waals surface area contributed by atoms with Crippen molar-refractivity contribution in [2.75, 3.05) is 19.0 Å². The summed E-state index contributed by atoms with van der Waals surface area (Å²) in [4.78, 5) is 4.74. The number of nitrogens with zero attached hydrogens (tertiary/aromatic N) is 3. The zero-order valence-electron chi connectivity index (χ0n) is 12.2. The summed E-state index contributed by atoms with van der Waals surface area (Å²) < 4.78 is 7.33. The van der Waals surface area contributed by atoms with Gasteiger partial charge >= 0.3 is 0 Å². The molecule has 0 aliphatic carbocycles. The molecule has 2 fully saturated rings. The molecule has 110 valence electrons. The minimum absolute atomic E-state index is 0.226. The lowest BCUT2D eigenvalue weighted by Crippen LogP contribution is -2.48. The second-order valence-corrected chi connectivity index (χ2v) is 6.52. The largest absolute Gasteiger partial charge is 0.381 e. The second-order valence-electron chi connectivity index (χ2n) is 5.56. The Morgan fingerprint density at radius 1 is 1.50 bits per heavy atom. The van der Waals surface area contributed by atoms with Gasteiger partial charge in [-0.25, -0.2) is 0 Å². The summed E-state index contributed by atoms with van der Waals surface area (Å²) in [6.45, 7) is 4.59. The number of hydrogen-bond acceptors (Lipinski definition) is 4. The highest BCUT2D eigenvalue weighted by molar-refractivity contribution is 8.14. The highest BCUT2D eigenvalue weighted by atomic mass is 32.2. The normalized spacial score (nSPS) is 23.4. The maximum absolute atomic E-state index is 5.45. The Balaban J connectivity index is 1.65. The summed E-state index contributed by atoms with van der Waals surface area (Å²) in [5.74, 6) is 1.11. The zero-order valence-corrected chi connectivity index (χ0v) is 13.0. The molecule has 1 aromatic rings. The third kappa shape index (κ3) is 2.86. The highest BCUT2D eigenvalue weighted by Gasteiger charge is 2.38. The van der Waals surface area contributed by atoms with E-state index in [0.29, 0.717) is 0 Å². The van der Waals surface area contributed by atoms with Crippen LogP contribution in [0.25, 0.3) is 0 Å². The fraction of sp³-hybridized carbons (Fsp3) is 0.714. The third-order valence-corrected chi connectivity index (χ3v) is 5.23. The fourth-order valence-corrected chi connectivity index (χ4v) is 4.01. The molecule has 0 radical (unpaired) electrons. The fourth-order valence-electron chi connectivity index (χ4n) is 2.79. The maximum atomic E-state index is 5.45. The number of aromatic nitrogens is 2. The smallest absolute Gasteiger partial charge is 0.157 e. The monoisotopic (exact) mass is 294 g/mol. The van der Waals surface area contributed by atoms with Crippen molar-refractivity contribution in [3.8, 4) is 0 Å². The molecule has 0 amide bonds. The first kappa shape index (κ1) is 13.9. The van der Waals surface area contributed by atoms with Crippen LogP contribution >= 0.6 is 11.8 Å². The van der Waals surface area contributed by atoms with Crippen molar-refractivity contribution in [2.24, 2.45) is 12.0 Å². The van der Waals surface area contributed by atoms with Crippen LogP contribution in [-0.2, 0) is 24.8 Å². The van der Waals surface area contributed by atoms with Crippen molar-refractivity contribution >= 4 is 16.9 Å². The van der Waals surface area contributed by atoms with Gasteiger partial charge in [0.15, 0.2) is 5.17 Å². The molecule has 1 N–H and O–H groups in total. The Labute approximate surface area is 124 Å². The van der Waals surface area contributed by atoms with Gasteiger partial charge in [0.05, 0.1) is 17.8 Å². The number of rotatable bonds is 3. The molecule has 0 aromatic carbocycles. The van der Waals surface area contributed by atoms with E-state index in [1.165, 1.54) is 5.56 Å². The van der Waals surface area contributed by atoms with E-state index in [1.807, 2.05) is 23.5 Å². The quantitative estimate of drug-likeness (QED) is 0.922. The Bertz CT molecular complexity index is 505. The lowest BCUT2D eigenvalue weighted by molar-refractivity contribution is 0.0555. The molecule has 0 atom stereocenters. The van der Waals surface area contributed by atoms with Crippen molar-refractivity contribution in [1.29, 1.82) is 0 Å². The van der Waals surface area contributed by atoms with Crippen LogP contribution < -0.4 is 5.32 Å². The second kappa shape index (κ2) is 5.77. The lowest BCUT2D eigenvalue weighted by Gasteiger charge is -2.32. The summed E-state index contributed by atoms with van der Waals surface area (Å²) in [5.41, 5.74) is 2.61. The van der Waals surface area contributed by atoms with Crippen LogP contribution in [0.3, 0.4) is 0 Å². The number of thioether (sulfide) groups is 1. The predicted molar refractivity (Wildman–Crippen MR) is 82.1 cm³/mol. The van der Waals surface area contributed by atoms with Crippen LogP contribution in [0.15, 0.2) is 11.2 Å². The Morgan fingerprint density at radius 3 is 3.05 bits per heavy atom. The van der Waals surface area contributed by atoms with Crippen molar-refractivity contribution in [3.63, 3.8) is 0 Å². The lowest BCUT2D eigenvalue weighted by atomic mass is 9.93. The van der Waals surface area contributed by atoms with Gasteiger partial charge in [-0.15, -0.1) is 0 Å². The van der Waals surface area contributed by atoms with Crippen LogP contribution in [0.5, 0.6) is 0 Å². The van der Waals surface area contributed by atoms with E-state index in [1.54, 1.807) is 0 Å². The minimum Gasteiger partial charge on any atom is -0.381 e. The van der Waals surface area contributed by atoms with Crippen LogP contribution in [0.2, 0.25) is 0 Å². The Kier molecular flexibility index (Phi) is 4.03. The van der Waals surface area contributed by atoms with E-state index in [9.17, 15) is 0 Å². The van der Waals surface area contributed by atoms with Crippen molar-refractivity contribution in [2.45, 2.75) is 38.3 Å². The standard InChI is InChI=1S/C14H22N4OS/c1-3-12-11(9-18(2)17-12)8-15-13-16-14(10-20-13)4-6-19-7-5-14/h9H,3-8,10H2,1-2H3,(H,15,16). The number of hydrogen-bond donors (Lipinski definition) is 1. The highest BCUT2D eigenvalue weighted by Crippen LogP contribution is 2.31. The average Bonchev–Trinajstić information content (AvgIpc) is 3.01. The molecule has 0 unspecified atom stereocenters. The first-order valence-electron chi connectivity index (χ1n) is 7.25. The number of nitrogens with one attached hydrogen (secondary N) is 1. The first-order valence-corrected chi connectivity index (χ1v) is 8.24. The van der Waals surface area contributed by atoms with Gasteiger partial charge in [-0.3, -0.25) is 9.67 Å². The molecule has 3 heterocycles. The third-order valence-electron chi connectivity index (χ3n) is 4.03. The molecular weight excluding hydrogens is 272 g/mol. The molecule has 0 saturated carbocycles. The van der Waals surface area contributed by atoms with Crippen LogP contribution in [-0.4, -0.2) is 39.5 Å². The number of aliphatic imine (C=N–C) groups is 1. The summed E-state index contributed by atoms with van der Waals surface area (Å²) in [6, 6.07) is 0. The molecule has 5 nitrogen and oxygen atoms in total. The molecule has 2 aliphatic rings. The van der Waals surface area contributed by atoms with E-state index in [2.05, 4.69) is 23.5 Å². The molecule has 2 aliphatic heterocycles. The first-order chi connectivity index (χ1) is 9.71. The number of aryl methyl sites for hydroxylation is 2. The molecule has 6 heteroatoms. The van der Waals surface area contributed by atoms with Gasteiger partial charge in [-0.2, -0.15) is 5.10 Å². The zero-order chi connectivity index (χ0) is 14.0. The molecule has 3 rings (SSSR count). The van der Waals surface area contributed by atoms with Crippen molar-refractivity contribution < 1.29 is 4.74 Å². The summed E-state index contributed by atoms with van der Waals surface area (Å²) in [7, 11) is 1.97. The summed E-state index contributed by atoms with van der Waals surface area (Å²) in [5, 5.41) is 9.17. The maximum Gasteiger partial charge on any atom is 0.157 e. The average molecular weight is 294 g/mol. The molecule has 0 bridgehead atoms. The minimum atomic E-state index is 0.226. The Morgan fingerprint density at radius 2 is 2.30 bits per heavy atom. The van der Waals surface area contributed by atoms with Gasteiger partial charge in [0.25, 0.3) is 0 Å². The van der Waals surface area contributed by atoms with Gasteiger partial charge < -0.3 is 10.1 Å². The van der Waals surface area contributed by atoms with Crippen molar-refractivity contribution in [3.05, 3.63) is 17.5 Å². The van der Waals surface area contributed by atoms with E-state index in [-0.39, 0.29) is 5.54 Å². The van der Waals surface area contributed by atoms with Gasteiger partial charge in [-0.05, 0) is 19.3 Å². The van der Waals surface area contributed by atoms with Gasteiger partial charge in [0.2, 0.25) is 0 Å². The van der Waals surface area contributed by atoms with Gasteiger partial charge in [-0.1, -0.05) is 18.7 Å². The summed E-state index contributed by atoms with van der Waals surface area (Å²) >= 11 is 1.84. The Hall–Kier alpha value is -1.01. The molecule has 1 spiro atoms. The predicted octanol–water partition coefficient (Wildman–Crippen LogP) is 1.72. The van der Waals surface area contributed by atoms with E-state index >= 15 is 0 Å². The van der Waals surface area contributed by atoms with Gasteiger partial charge in [0.1, 0.15) is 0 Å². The molecule has 2 saturated heterocycles. The van der Waals surface area contributed by atoms with E-state index < -0.39 is 0 Å². The molecule has 1 aromatic heterocycles. The van der Waals surface area contributed by atoms with Gasteiger partial charge in [0, 0.05) is 37.8 Å². The summed E-state index contributed by atoms with van der Waals surface area (Å²) in [6.07, 6.45) is 5.22. The van der Waals surface area contributed by atoms with Crippen LogP contribution in [0.1, 0.15) is 31.0 Å². The topological polar surface area (TPSA) is 51.4 Å². The van der Waals surface area contributed by atoms with Crippen molar-refractivity contribution in [1.82, 2.24) is 15.1 Å². The van der Waals surface area contributed by atoms with Crippen LogP contribution in [0.4, 0.5) is 0 Å². The van der Waals surface area contributed by atoms with E-state index in [0.717, 1.165) is 55.6 Å². The molecule has 20 heavy (non-hydrogen) atoms. The number of ether oxygens (including phenoxy) is 1. The molecular formula is C14H22N4OS.